The van der Waals surface area contributed by atoms with Gasteiger partial charge in [-0.1, -0.05) is 43.3 Å². The van der Waals surface area contributed by atoms with E-state index in [-0.39, 0.29) is 17.2 Å². The van der Waals surface area contributed by atoms with E-state index >= 15 is 0 Å². The Hall–Kier alpha value is -3.25. The van der Waals surface area contributed by atoms with E-state index in [2.05, 4.69) is 52.5 Å². The minimum absolute atomic E-state index is 0.0662. The second-order valence-corrected chi connectivity index (χ2v) is 11.7. The minimum atomic E-state index is -0.618. The van der Waals surface area contributed by atoms with Crippen LogP contribution in [0.25, 0.3) is 0 Å². The molecule has 0 spiro atoms. The van der Waals surface area contributed by atoms with Gasteiger partial charge in [-0.2, -0.15) is 0 Å². The number of benzene rings is 2. The fourth-order valence-corrected chi connectivity index (χ4v) is 7.48. The molecular formula is C32H37N3O3. The molecule has 2 aromatic carbocycles. The summed E-state index contributed by atoms with van der Waals surface area (Å²) in [6.45, 7) is 5.02. The molecule has 38 heavy (non-hydrogen) atoms. The van der Waals surface area contributed by atoms with E-state index in [0.717, 1.165) is 49.2 Å². The molecule has 198 valence electrons. The van der Waals surface area contributed by atoms with Crippen molar-refractivity contribution >= 4 is 5.91 Å². The molecule has 6 heteroatoms. The van der Waals surface area contributed by atoms with E-state index in [1.807, 2.05) is 25.1 Å². The zero-order chi connectivity index (χ0) is 26.3. The van der Waals surface area contributed by atoms with E-state index in [1.54, 1.807) is 12.4 Å². The van der Waals surface area contributed by atoms with Crippen molar-refractivity contribution in [3.05, 3.63) is 89.0 Å². The minimum Gasteiger partial charge on any atom is -0.489 e. The van der Waals surface area contributed by atoms with E-state index < -0.39 is 6.10 Å². The Morgan fingerprint density at radius 3 is 2.76 bits per heavy atom. The van der Waals surface area contributed by atoms with Crippen molar-refractivity contribution < 1.29 is 14.6 Å². The molecule has 0 aliphatic heterocycles. The topological polar surface area (TPSA) is 84.3 Å². The molecule has 1 heterocycles. The number of fused-ring (bicyclic) bond motifs is 5. The van der Waals surface area contributed by atoms with Crippen LogP contribution in [-0.4, -0.2) is 27.1 Å². The van der Waals surface area contributed by atoms with Crippen LogP contribution < -0.4 is 10.1 Å². The average molecular weight is 512 g/mol. The monoisotopic (exact) mass is 511 g/mol. The number of aryl methyl sites for hydroxylation is 2. The van der Waals surface area contributed by atoms with Gasteiger partial charge in [-0.05, 0) is 91.0 Å². The number of ether oxygens (including phenoxy) is 1. The lowest BCUT2D eigenvalue weighted by Crippen LogP contribution is -2.45. The van der Waals surface area contributed by atoms with Gasteiger partial charge in [0.2, 0.25) is 5.91 Å². The molecule has 6 nitrogen and oxygen atoms in total. The summed E-state index contributed by atoms with van der Waals surface area (Å²) in [5, 5.41) is 14.4. The fourth-order valence-electron chi connectivity index (χ4n) is 7.48. The molecule has 6 rings (SSSR count). The van der Waals surface area contributed by atoms with Crippen LogP contribution in [0.3, 0.4) is 0 Å². The summed E-state index contributed by atoms with van der Waals surface area (Å²) in [7, 11) is 0. The molecule has 0 saturated heterocycles. The molecule has 2 saturated carbocycles. The molecule has 2 fully saturated rings. The van der Waals surface area contributed by atoms with Gasteiger partial charge in [-0.25, -0.2) is 0 Å². The molecule has 2 N–H and O–H groups in total. The maximum Gasteiger partial charge on any atom is 0.226 e. The molecule has 1 unspecified atom stereocenters. The number of amides is 1. The predicted molar refractivity (Wildman–Crippen MR) is 145 cm³/mol. The van der Waals surface area contributed by atoms with Gasteiger partial charge >= 0.3 is 0 Å². The first kappa shape index (κ1) is 25.1. The summed E-state index contributed by atoms with van der Waals surface area (Å²) in [5.41, 5.74) is 5.37. The van der Waals surface area contributed by atoms with Crippen LogP contribution in [0.5, 0.6) is 5.75 Å². The van der Waals surface area contributed by atoms with Gasteiger partial charge in [-0.3, -0.25) is 14.8 Å². The van der Waals surface area contributed by atoms with Gasteiger partial charge in [0.25, 0.3) is 0 Å². The number of aromatic nitrogens is 2. The van der Waals surface area contributed by atoms with Crippen LogP contribution in [0.1, 0.15) is 66.6 Å². The third-order valence-corrected chi connectivity index (χ3v) is 9.56. The number of carbonyl (C=O) groups excluding carboxylic acids is 1. The fraction of sp³-hybridized carbons (Fsp3) is 0.469. The number of nitrogens with zero attached hydrogens (tertiary/aromatic N) is 2. The van der Waals surface area contributed by atoms with E-state index in [9.17, 15) is 9.90 Å². The molecule has 1 aromatic heterocycles. The number of carbonyl (C=O) groups is 1. The summed E-state index contributed by atoms with van der Waals surface area (Å²) in [6, 6.07) is 16.9. The van der Waals surface area contributed by atoms with Crippen LogP contribution in [0.2, 0.25) is 0 Å². The van der Waals surface area contributed by atoms with E-state index in [0.29, 0.717) is 30.9 Å². The number of aliphatic hydroxyl groups is 1. The SMILES string of the molecule is Cc1cnc(CNC(=O)C2C[C@H]3[C@@H]4CCc5cc(OCc6ccccc6)ccc5[C@H]4CC[C@]3(C)[C@H]2O)cn1. The van der Waals surface area contributed by atoms with Gasteiger partial charge in [0, 0.05) is 6.20 Å². The zero-order valence-electron chi connectivity index (χ0n) is 22.3. The summed E-state index contributed by atoms with van der Waals surface area (Å²) in [5.74, 6) is 1.80. The maximum absolute atomic E-state index is 13.2. The summed E-state index contributed by atoms with van der Waals surface area (Å²) < 4.78 is 6.11. The van der Waals surface area contributed by atoms with Gasteiger partial charge in [-0.15, -0.1) is 0 Å². The lowest BCUT2D eigenvalue weighted by atomic mass is 9.55. The maximum atomic E-state index is 13.2. The molecule has 3 aliphatic carbocycles. The van der Waals surface area contributed by atoms with Crippen LogP contribution in [0, 0.1) is 30.1 Å². The lowest BCUT2D eigenvalue weighted by molar-refractivity contribution is -0.129. The number of hydrogen-bond donors (Lipinski definition) is 2. The number of nitrogens with one attached hydrogen (secondary N) is 1. The molecular weight excluding hydrogens is 474 g/mol. The Bertz CT molecular complexity index is 1300. The Balaban J connectivity index is 1.14. The van der Waals surface area contributed by atoms with Crippen molar-refractivity contribution in [3.8, 4) is 5.75 Å². The number of hydrogen-bond acceptors (Lipinski definition) is 5. The van der Waals surface area contributed by atoms with Crippen molar-refractivity contribution in [3.63, 3.8) is 0 Å². The van der Waals surface area contributed by atoms with Crippen LogP contribution in [-0.2, 0) is 24.4 Å². The first-order valence-electron chi connectivity index (χ1n) is 14.0. The van der Waals surface area contributed by atoms with Gasteiger partial charge in [0.1, 0.15) is 12.4 Å². The number of rotatable bonds is 6. The van der Waals surface area contributed by atoms with Crippen LogP contribution in [0.15, 0.2) is 60.9 Å². The standard InChI is InChI=1S/C32H37N3O3/c1-20-16-34-23(17-33-20)18-35-31(37)28-15-29-27-10-8-22-14-24(38-19-21-6-4-3-5-7-21)9-11-25(22)26(27)12-13-32(29,2)30(28)36/h3-7,9,11,14,16-17,26-30,36H,8,10,12-13,15,18-19H2,1-2H3,(H,35,37)/t26-,27-,28?,29+,30+,32+/m1/s1. The quantitative estimate of drug-likeness (QED) is 0.480. The summed E-state index contributed by atoms with van der Waals surface area (Å²) in [6.07, 6.45) is 7.65. The smallest absolute Gasteiger partial charge is 0.226 e. The van der Waals surface area contributed by atoms with Gasteiger partial charge in [0.15, 0.2) is 0 Å². The second kappa shape index (κ2) is 10.1. The molecule has 0 radical (unpaired) electrons. The van der Waals surface area contributed by atoms with Crippen molar-refractivity contribution in [2.45, 2.75) is 71.1 Å². The molecule has 3 aliphatic rings. The molecule has 3 aromatic rings. The van der Waals surface area contributed by atoms with Crippen LogP contribution >= 0.6 is 0 Å². The van der Waals surface area contributed by atoms with Gasteiger partial charge < -0.3 is 15.2 Å². The van der Waals surface area contributed by atoms with Crippen molar-refractivity contribution in [2.75, 3.05) is 0 Å². The normalized spacial score (nSPS) is 29.6. The number of aliphatic hydroxyl groups excluding tert-OH is 1. The van der Waals surface area contributed by atoms with Crippen molar-refractivity contribution in [1.82, 2.24) is 15.3 Å². The second-order valence-electron chi connectivity index (χ2n) is 11.7. The van der Waals surface area contributed by atoms with Crippen molar-refractivity contribution in [2.24, 2.45) is 23.2 Å². The molecule has 0 bridgehead atoms. The third kappa shape index (κ3) is 4.60. The summed E-state index contributed by atoms with van der Waals surface area (Å²) in [4.78, 5) is 21.8. The Labute approximate surface area is 224 Å². The largest absolute Gasteiger partial charge is 0.489 e. The van der Waals surface area contributed by atoms with Crippen LogP contribution in [0.4, 0.5) is 0 Å². The highest BCUT2D eigenvalue weighted by Gasteiger charge is 2.59. The third-order valence-electron chi connectivity index (χ3n) is 9.56. The Kier molecular flexibility index (Phi) is 6.68. The van der Waals surface area contributed by atoms with E-state index in [1.165, 1.54) is 16.7 Å². The first-order chi connectivity index (χ1) is 18.4. The zero-order valence-corrected chi connectivity index (χ0v) is 22.3. The first-order valence-corrected chi connectivity index (χ1v) is 14.0. The van der Waals surface area contributed by atoms with Gasteiger partial charge in [0.05, 0.1) is 36.2 Å². The highest BCUT2D eigenvalue weighted by atomic mass is 16.5. The Morgan fingerprint density at radius 2 is 1.97 bits per heavy atom. The molecule has 6 atom stereocenters. The van der Waals surface area contributed by atoms with Crippen molar-refractivity contribution in [1.29, 1.82) is 0 Å². The highest BCUT2D eigenvalue weighted by Crippen LogP contribution is 2.62. The average Bonchev–Trinajstić information content (AvgIpc) is 3.22. The van der Waals surface area contributed by atoms with E-state index in [4.69, 9.17) is 4.74 Å². The predicted octanol–water partition coefficient (Wildman–Crippen LogP) is 5.12. The lowest BCUT2D eigenvalue weighted by Gasteiger charge is -2.50. The Morgan fingerprint density at radius 1 is 1.13 bits per heavy atom. The highest BCUT2D eigenvalue weighted by molar-refractivity contribution is 5.79. The summed E-state index contributed by atoms with van der Waals surface area (Å²) >= 11 is 0. The molecule has 1 amide bonds.